The van der Waals surface area contributed by atoms with Crippen LogP contribution in [0.25, 0.3) is 16.4 Å². The predicted octanol–water partition coefficient (Wildman–Crippen LogP) is 4.55. The molecule has 222 valence electrons. The third-order valence-corrected chi connectivity index (χ3v) is 9.19. The maximum absolute atomic E-state index is 14.9. The fraction of sp³-hybridized carbons (Fsp3) is 0.300. The van der Waals surface area contributed by atoms with Crippen LogP contribution in [0.5, 0.6) is 0 Å². The maximum atomic E-state index is 14.9. The number of primary sulfonamides is 1. The van der Waals surface area contributed by atoms with Crippen LogP contribution in [-0.2, 0) is 27.6 Å². The summed E-state index contributed by atoms with van der Waals surface area (Å²) in [7, 11) is -4.25. The number of aromatic nitrogens is 3. The molecule has 3 heterocycles. The number of aromatic carboxylic acids is 1. The summed E-state index contributed by atoms with van der Waals surface area (Å²) in [6, 6.07) is 8.26. The lowest BCUT2D eigenvalue weighted by atomic mass is 9.96. The molecule has 0 spiro atoms. The number of nitrogens with zero attached hydrogens (tertiary/aromatic N) is 3. The quantitative estimate of drug-likeness (QED) is 0.275. The van der Waals surface area contributed by atoms with Crippen molar-refractivity contribution in [2.24, 2.45) is 17.0 Å². The Kier molecular flexibility index (Phi) is 7.87. The molecule has 6 rings (SSSR count). The van der Waals surface area contributed by atoms with E-state index in [-0.39, 0.29) is 23.6 Å². The van der Waals surface area contributed by atoms with E-state index in [0.717, 1.165) is 48.4 Å². The smallest absolute Gasteiger partial charge is 0.355 e. The van der Waals surface area contributed by atoms with Crippen LogP contribution in [0.2, 0.25) is 0 Å². The number of halogens is 2. The Balaban J connectivity index is 1.50. The average molecular weight is 625 g/mol. The summed E-state index contributed by atoms with van der Waals surface area (Å²) < 4.78 is 60.3. The molecule has 0 bridgehead atoms. The van der Waals surface area contributed by atoms with Crippen LogP contribution in [0.4, 0.5) is 8.78 Å². The lowest BCUT2D eigenvalue weighted by molar-refractivity contribution is 0.0691. The van der Waals surface area contributed by atoms with Crippen molar-refractivity contribution >= 4 is 27.3 Å². The highest BCUT2D eigenvalue weighted by molar-refractivity contribution is 7.89. The van der Waals surface area contributed by atoms with E-state index in [4.69, 9.17) is 15.0 Å². The number of sulfonamides is 1. The molecule has 43 heavy (non-hydrogen) atoms. The van der Waals surface area contributed by atoms with Gasteiger partial charge in [-0.25, -0.2) is 36.8 Å². The molecule has 3 N–H and O–H groups in total. The predicted molar refractivity (Wildman–Crippen MR) is 154 cm³/mol. The summed E-state index contributed by atoms with van der Waals surface area (Å²) in [5, 5.41) is 21.3. The Morgan fingerprint density at radius 1 is 1.16 bits per heavy atom. The number of thiazole rings is 1. The molecule has 1 unspecified atom stereocenters. The Morgan fingerprint density at radius 3 is 2.63 bits per heavy atom. The normalized spacial score (nSPS) is 16.7. The largest absolute Gasteiger partial charge is 0.476 e. The summed E-state index contributed by atoms with van der Waals surface area (Å²) in [5.74, 6) is 3.79. The van der Waals surface area contributed by atoms with Crippen LogP contribution >= 0.6 is 11.3 Å². The first-order chi connectivity index (χ1) is 20.6. The van der Waals surface area contributed by atoms with E-state index in [0.29, 0.717) is 53.1 Å². The number of carboxylic acids is 1. The summed E-state index contributed by atoms with van der Waals surface area (Å²) in [6.07, 6.45) is 3.57. The zero-order chi connectivity index (χ0) is 30.3. The minimum atomic E-state index is -4.25. The van der Waals surface area contributed by atoms with Crippen molar-refractivity contribution in [2.75, 3.05) is 13.2 Å². The van der Waals surface area contributed by atoms with Gasteiger partial charge in [0.15, 0.2) is 5.69 Å². The number of ether oxygens (including phenoxy) is 1. The van der Waals surface area contributed by atoms with Gasteiger partial charge in [-0.1, -0.05) is 17.9 Å². The molecule has 9 nitrogen and oxygen atoms in total. The van der Waals surface area contributed by atoms with Gasteiger partial charge in [-0.2, -0.15) is 5.10 Å². The van der Waals surface area contributed by atoms with Gasteiger partial charge in [0.25, 0.3) is 0 Å². The molecule has 2 aromatic carbocycles. The fourth-order valence-corrected chi connectivity index (χ4v) is 6.37. The molecular weight excluding hydrogens is 598 g/mol. The molecule has 0 amide bonds. The summed E-state index contributed by atoms with van der Waals surface area (Å²) >= 11 is 1.12. The maximum Gasteiger partial charge on any atom is 0.355 e. The zero-order valence-corrected chi connectivity index (χ0v) is 24.4. The van der Waals surface area contributed by atoms with E-state index >= 15 is 0 Å². The molecule has 13 heteroatoms. The van der Waals surface area contributed by atoms with Gasteiger partial charge in [0.1, 0.15) is 16.5 Å². The highest BCUT2D eigenvalue weighted by Crippen LogP contribution is 2.38. The van der Waals surface area contributed by atoms with E-state index in [1.54, 1.807) is 16.8 Å². The van der Waals surface area contributed by atoms with Gasteiger partial charge in [0, 0.05) is 35.5 Å². The number of hydrogen-bond donors (Lipinski definition) is 2. The monoisotopic (exact) mass is 624 g/mol. The van der Waals surface area contributed by atoms with Crippen molar-refractivity contribution in [3.8, 4) is 28.2 Å². The molecule has 1 aliphatic carbocycles. The molecule has 1 aliphatic heterocycles. The number of nitrogens with two attached hydrogens (primary N) is 1. The van der Waals surface area contributed by atoms with Crippen molar-refractivity contribution in [3.05, 3.63) is 81.5 Å². The summed E-state index contributed by atoms with van der Waals surface area (Å²) in [6.45, 7) is 1.12. The Bertz CT molecular complexity index is 1900. The number of carboxylic acid groups (broad SMARTS) is 1. The Labute approximate surface area is 250 Å². The minimum Gasteiger partial charge on any atom is -0.476 e. The standard InChI is InChI=1S/C30H26F2N4O5S2/c31-23-7-6-21(14-20(23)5-3-18-9-10-41-15-18)28-22(11-19-4-8-27(24(32)12-19)43(33,39)40)26(13-17-1-2-17)36(35-28)30-34-25(16-42-30)29(37)38/h4,6-8,12,14,16-18H,1-2,9-11,13,15H2,(H,37,38)(H2,33,39,40). The molecule has 2 aliphatic rings. The number of rotatable bonds is 8. The second kappa shape index (κ2) is 11.6. The van der Waals surface area contributed by atoms with Crippen LogP contribution in [0.3, 0.4) is 0 Å². The molecule has 2 fully saturated rings. The second-order valence-electron chi connectivity index (χ2n) is 10.7. The van der Waals surface area contributed by atoms with Gasteiger partial charge >= 0.3 is 5.97 Å². The van der Waals surface area contributed by atoms with Crippen molar-refractivity contribution < 1.29 is 31.8 Å². The van der Waals surface area contributed by atoms with Gasteiger partial charge < -0.3 is 9.84 Å². The van der Waals surface area contributed by atoms with Crippen LogP contribution in [0.15, 0.2) is 46.7 Å². The Morgan fingerprint density at radius 2 is 1.98 bits per heavy atom. The van der Waals surface area contributed by atoms with Crippen LogP contribution < -0.4 is 5.14 Å². The molecule has 0 radical (unpaired) electrons. The van der Waals surface area contributed by atoms with Crippen LogP contribution in [0, 0.1) is 35.3 Å². The first-order valence-corrected chi connectivity index (χ1v) is 16.0. The zero-order valence-electron chi connectivity index (χ0n) is 22.7. The number of carbonyl (C=O) groups is 1. The lowest BCUT2D eigenvalue weighted by Gasteiger charge is -2.10. The first kappa shape index (κ1) is 29.1. The molecule has 1 atom stereocenters. The summed E-state index contributed by atoms with van der Waals surface area (Å²) in [5.41, 5.74) is 3.06. The third kappa shape index (κ3) is 6.37. The highest BCUT2D eigenvalue weighted by atomic mass is 32.2. The van der Waals surface area contributed by atoms with Crippen LogP contribution in [-0.4, -0.2) is 47.5 Å². The highest BCUT2D eigenvalue weighted by Gasteiger charge is 2.30. The fourth-order valence-electron chi connectivity index (χ4n) is 5.01. The number of benzene rings is 2. The van der Waals surface area contributed by atoms with Crippen molar-refractivity contribution in [2.45, 2.75) is 37.0 Å². The van der Waals surface area contributed by atoms with Crippen molar-refractivity contribution in [1.29, 1.82) is 0 Å². The number of hydrogen-bond acceptors (Lipinski definition) is 7. The molecule has 2 aromatic heterocycles. The van der Waals surface area contributed by atoms with E-state index in [1.807, 2.05) is 0 Å². The van der Waals surface area contributed by atoms with Gasteiger partial charge in [-0.05, 0) is 67.5 Å². The van der Waals surface area contributed by atoms with Gasteiger partial charge in [0.2, 0.25) is 15.2 Å². The van der Waals surface area contributed by atoms with Crippen molar-refractivity contribution in [3.63, 3.8) is 0 Å². The Hall–Kier alpha value is -3.96. The molecule has 1 saturated carbocycles. The molecule has 1 saturated heterocycles. The van der Waals surface area contributed by atoms with Gasteiger partial charge in [0.05, 0.1) is 23.6 Å². The topological polar surface area (TPSA) is 137 Å². The molecule has 4 aromatic rings. The van der Waals surface area contributed by atoms with E-state index in [9.17, 15) is 27.1 Å². The van der Waals surface area contributed by atoms with Crippen LogP contribution in [0.1, 0.15) is 52.1 Å². The van der Waals surface area contributed by atoms with E-state index in [1.165, 1.54) is 17.5 Å². The summed E-state index contributed by atoms with van der Waals surface area (Å²) in [4.78, 5) is 15.2. The molecular formula is C30H26F2N4O5S2. The van der Waals surface area contributed by atoms with Gasteiger partial charge in [-0.15, -0.1) is 11.3 Å². The van der Waals surface area contributed by atoms with E-state index < -0.39 is 32.5 Å². The lowest BCUT2D eigenvalue weighted by Crippen LogP contribution is -2.14. The average Bonchev–Trinajstić information content (AvgIpc) is 3.30. The minimum absolute atomic E-state index is 0.0199. The SMILES string of the molecule is NS(=O)(=O)c1ccc(Cc2c(-c3ccc(F)c(C#CC4CCOC4)c3)nn(-c3nc(C(=O)O)cs3)c2CC2CC2)cc1F. The van der Waals surface area contributed by atoms with E-state index in [2.05, 4.69) is 16.8 Å². The third-order valence-electron chi connectivity index (χ3n) is 7.43. The van der Waals surface area contributed by atoms with Gasteiger partial charge in [-0.3, -0.25) is 0 Å². The first-order valence-electron chi connectivity index (χ1n) is 13.6. The van der Waals surface area contributed by atoms with Crippen molar-refractivity contribution in [1.82, 2.24) is 14.8 Å². The second-order valence-corrected chi connectivity index (χ2v) is 13.0.